The Morgan fingerprint density at radius 1 is 1.23 bits per heavy atom. The minimum absolute atomic E-state index is 0. The molecule has 1 aromatic heterocycles. The van der Waals surface area contributed by atoms with Gasteiger partial charge in [-0.05, 0) is 31.0 Å². The van der Waals surface area contributed by atoms with Crippen LogP contribution in [0.2, 0.25) is 0 Å². The molecule has 1 unspecified atom stereocenters. The first-order valence-electron chi connectivity index (χ1n) is 10.7. The average Bonchev–Trinajstić information content (AvgIpc) is 3.24. The van der Waals surface area contributed by atoms with Crippen LogP contribution in [0.3, 0.4) is 0 Å². The maximum absolute atomic E-state index is 13.4. The largest absolute Gasteiger partial charge is 0.379 e. The van der Waals surface area contributed by atoms with E-state index in [-0.39, 0.29) is 35.8 Å². The first-order chi connectivity index (χ1) is 14.7. The van der Waals surface area contributed by atoms with Crippen molar-refractivity contribution < 1.29 is 9.13 Å². The molecule has 1 fully saturated rings. The second-order valence-corrected chi connectivity index (χ2v) is 8.39. The second-order valence-electron chi connectivity index (χ2n) is 7.19. The van der Waals surface area contributed by atoms with Gasteiger partial charge in [-0.1, -0.05) is 19.1 Å². The molecule has 0 bridgehead atoms. The Kier molecular flexibility index (Phi) is 11.7. The number of aliphatic imine (C=N–C) groups is 1. The van der Waals surface area contributed by atoms with E-state index in [9.17, 15) is 4.39 Å². The smallest absolute Gasteiger partial charge is 0.191 e. The summed E-state index contributed by atoms with van der Waals surface area (Å²) in [5, 5.41) is 7.89. The van der Waals surface area contributed by atoms with Crippen molar-refractivity contribution in [2.24, 2.45) is 4.99 Å². The van der Waals surface area contributed by atoms with Crippen molar-refractivity contribution in [2.45, 2.75) is 32.7 Å². The number of hydrogen-bond donors (Lipinski definition) is 2. The van der Waals surface area contributed by atoms with E-state index in [0.717, 1.165) is 55.6 Å². The van der Waals surface area contributed by atoms with Gasteiger partial charge in [-0.2, -0.15) is 0 Å². The van der Waals surface area contributed by atoms with Gasteiger partial charge in [0.2, 0.25) is 0 Å². The number of aryl methyl sites for hydroxylation is 1. The van der Waals surface area contributed by atoms with Crippen LogP contribution in [0.25, 0.3) is 0 Å². The first-order valence-corrected chi connectivity index (χ1v) is 11.5. The van der Waals surface area contributed by atoms with Crippen molar-refractivity contribution in [3.8, 4) is 0 Å². The lowest BCUT2D eigenvalue weighted by atomic mass is 10.0. The Bertz CT molecular complexity index is 795. The third-order valence-electron chi connectivity index (χ3n) is 5.09. The van der Waals surface area contributed by atoms with Crippen molar-refractivity contribution >= 4 is 41.3 Å². The fourth-order valence-corrected chi connectivity index (χ4v) is 4.30. The number of nitrogens with zero attached hydrogens (tertiary/aromatic N) is 3. The van der Waals surface area contributed by atoms with Crippen LogP contribution < -0.4 is 10.6 Å². The lowest BCUT2D eigenvalue weighted by molar-refractivity contribution is 0.0179. The molecule has 31 heavy (non-hydrogen) atoms. The lowest BCUT2D eigenvalue weighted by Gasteiger charge is -2.34. The molecule has 9 heteroatoms. The second kappa shape index (κ2) is 14.0. The average molecular weight is 562 g/mol. The number of morpholine rings is 1. The molecule has 2 heterocycles. The van der Waals surface area contributed by atoms with Gasteiger partial charge in [0.15, 0.2) is 5.96 Å². The zero-order valence-electron chi connectivity index (χ0n) is 18.3. The highest BCUT2D eigenvalue weighted by atomic mass is 127. The Hall–Kier alpha value is -1.30. The highest BCUT2D eigenvalue weighted by Gasteiger charge is 2.22. The maximum Gasteiger partial charge on any atom is 0.191 e. The van der Waals surface area contributed by atoms with E-state index in [1.807, 2.05) is 18.3 Å². The van der Waals surface area contributed by atoms with Crippen molar-refractivity contribution in [3.63, 3.8) is 0 Å². The number of ether oxygens (including phenoxy) is 1. The summed E-state index contributed by atoms with van der Waals surface area (Å²) in [7, 11) is 0. The normalized spacial score (nSPS) is 15.9. The standard InChI is InChI=1S/C22H32FN5OS.HI/c1-3-19-15-26-21(30-19)9-10-25-22(24-4-2)27-16-20(28-11-13-29-14-12-28)17-5-7-18(23)8-6-17;/h5-8,15,20H,3-4,9-14,16H2,1-2H3,(H2,24,25,27);1H. The van der Waals surface area contributed by atoms with Gasteiger partial charge in [-0.3, -0.25) is 9.89 Å². The van der Waals surface area contributed by atoms with Crippen LogP contribution in [0.5, 0.6) is 0 Å². The molecule has 6 nitrogen and oxygen atoms in total. The number of aromatic nitrogens is 1. The van der Waals surface area contributed by atoms with Gasteiger partial charge in [-0.15, -0.1) is 35.3 Å². The van der Waals surface area contributed by atoms with Crippen LogP contribution in [0, 0.1) is 5.82 Å². The summed E-state index contributed by atoms with van der Waals surface area (Å²) in [5.74, 6) is 0.580. The number of thiazole rings is 1. The number of halogens is 2. The number of hydrogen-bond acceptors (Lipinski definition) is 5. The minimum atomic E-state index is -0.216. The molecule has 0 spiro atoms. The Morgan fingerprint density at radius 3 is 2.61 bits per heavy atom. The van der Waals surface area contributed by atoms with Crippen LogP contribution >= 0.6 is 35.3 Å². The van der Waals surface area contributed by atoms with Gasteiger partial charge in [0.25, 0.3) is 0 Å². The molecule has 1 aromatic carbocycles. The van der Waals surface area contributed by atoms with Gasteiger partial charge in [0.05, 0.1) is 30.8 Å². The first kappa shape index (κ1) is 26.0. The fourth-order valence-electron chi connectivity index (χ4n) is 3.44. The monoisotopic (exact) mass is 561 g/mol. The predicted octanol–water partition coefficient (Wildman–Crippen LogP) is 3.63. The topological polar surface area (TPSA) is 61.8 Å². The summed E-state index contributed by atoms with van der Waals surface area (Å²) in [5.41, 5.74) is 1.08. The van der Waals surface area contributed by atoms with Crippen molar-refractivity contribution in [1.82, 2.24) is 20.5 Å². The summed E-state index contributed by atoms with van der Waals surface area (Å²) < 4.78 is 18.9. The summed E-state index contributed by atoms with van der Waals surface area (Å²) in [6, 6.07) is 6.86. The Balaban J connectivity index is 0.00000341. The highest BCUT2D eigenvalue weighted by molar-refractivity contribution is 14.0. The molecular weight excluding hydrogens is 528 g/mol. The number of benzene rings is 1. The molecule has 3 rings (SSSR count). The quantitative estimate of drug-likeness (QED) is 0.278. The van der Waals surface area contributed by atoms with Gasteiger partial charge in [-0.25, -0.2) is 9.37 Å². The van der Waals surface area contributed by atoms with E-state index in [2.05, 4.69) is 34.4 Å². The Morgan fingerprint density at radius 2 is 1.97 bits per heavy atom. The van der Waals surface area contributed by atoms with E-state index >= 15 is 0 Å². The molecule has 2 N–H and O–H groups in total. The predicted molar refractivity (Wildman–Crippen MR) is 136 cm³/mol. The third-order valence-corrected chi connectivity index (χ3v) is 6.29. The summed E-state index contributed by atoms with van der Waals surface area (Å²) in [6.45, 7) is 9.51. The maximum atomic E-state index is 13.4. The molecule has 1 aliphatic rings. The van der Waals surface area contributed by atoms with Crippen LogP contribution in [0.4, 0.5) is 4.39 Å². The molecule has 0 saturated carbocycles. The molecule has 0 amide bonds. The number of nitrogens with one attached hydrogen (secondary N) is 2. The molecule has 2 aromatic rings. The van der Waals surface area contributed by atoms with Crippen molar-refractivity contribution in [2.75, 3.05) is 45.9 Å². The van der Waals surface area contributed by atoms with Gasteiger partial charge in [0.1, 0.15) is 5.82 Å². The van der Waals surface area contributed by atoms with Crippen molar-refractivity contribution in [3.05, 3.63) is 51.7 Å². The minimum Gasteiger partial charge on any atom is -0.379 e. The number of rotatable bonds is 9. The molecular formula is C22H33FIN5OS. The van der Waals surface area contributed by atoms with Gasteiger partial charge < -0.3 is 15.4 Å². The highest BCUT2D eigenvalue weighted by Crippen LogP contribution is 2.22. The van der Waals surface area contributed by atoms with Gasteiger partial charge in [0, 0.05) is 43.7 Å². The van der Waals surface area contributed by atoms with E-state index in [1.165, 1.54) is 17.0 Å². The van der Waals surface area contributed by atoms with Crippen LogP contribution in [-0.4, -0.2) is 61.8 Å². The SMILES string of the molecule is CCNC(=NCC(c1ccc(F)cc1)N1CCOCC1)NCCc1ncc(CC)s1.I. The molecule has 1 aliphatic heterocycles. The zero-order valence-corrected chi connectivity index (χ0v) is 21.4. The molecule has 0 radical (unpaired) electrons. The number of guanidine groups is 1. The zero-order chi connectivity index (χ0) is 21.2. The molecule has 1 atom stereocenters. The fraction of sp³-hybridized carbons (Fsp3) is 0.545. The lowest BCUT2D eigenvalue weighted by Crippen LogP contribution is -2.42. The Labute approximate surface area is 205 Å². The molecule has 1 saturated heterocycles. The van der Waals surface area contributed by atoms with E-state index in [0.29, 0.717) is 19.8 Å². The van der Waals surface area contributed by atoms with E-state index in [4.69, 9.17) is 9.73 Å². The van der Waals surface area contributed by atoms with Crippen LogP contribution in [-0.2, 0) is 17.6 Å². The molecule has 172 valence electrons. The van der Waals surface area contributed by atoms with Crippen LogP contribution in [0.1, 0.15) is 35.3 Å². The summed E-state index contributed by atoms with van der Waals surface area (Å²) >= 11 is 1.77. The van der Waals surface area contributed by atoms with E-state index < -0.39 is 0 Å². The summed E-state index contributed by atoms with van der Waals surface area (Å²) in [6.07, 6.45) is 3.87. The summed E-state index contributed by atoms with van der Waals surface area (Å²) in [4.78, 5) is 13.0. The van der Waals surface area contributed by atoms with Gasteiger partial charge >= 0.3 is 0 Å². The van der Waals surface area contributed by atoms with E-state index in [1.54, 1.807) is 11.3 Å². The third kappa shape index (κ3) is 8.28. The molecule has 0 aliphatic carbocycles. The van der Waals surface area contributed by atoms with Crippen LogP contribution in [0.15, 0.2) is 35.5 Å². The van der Waals surface area contributed by atoms with Crippen molar-refractivity contribution in [1.29, 1.82) is 0 Å².